The van der Waals surface area contributed by atoms with Gasteiger partial charge >= 0.3 is 6.03 Å². The van der Waals surface area contributed by atoms with Crippen LogP contribution in [-0.2, 0) is 0 Å². The first-order valence-corrected chi connectivity index (χ1v) is 12.4. The Kier molecular flexibility index (Phi) is 11.0. The largest absolute Gasteiger partial charge is 0.352 e. The molecule has 9 heteroatoms. The molecule has 1 unspecified atom stereocenters. The van der Waals surface area contributed by atoms with Gasteiger partial charge in [-0.2, -0.15) is 0 Å². The van der Waals surface area contributed by atoms with E-state index in [1.807, 2.05) is 11.8 Å². The van der Waals surface area contributed by atoms with Gasteiger partial charge in [-0.3, -0.25) is 4.79 Å². The first-order valence-electron chi connectivity index (χ1n) is 11.7. The number of hydrogen-bond acceptors (Lipinski definition) is 4. The number of nitrogens with zero attached hydrogens (tertiary/aromatic N) is 3. The van der Waals surface area contributed by atoms with Gasteiger partial charge in [-0.1, -0.05) is 36.5 Å². The second kappa shape index (κ2) is 13.2. The summed E-state index contributed by atoms with van der Waals surface area (Å²) in [5, 5.41) is 6.32. The van der Waals surface area contributed by atoms with Crippen LogP contribution in [0.4, 0.5) is 4.79 Å². The number of urea groups is 1. The van der Waals surface area contributed by atoms with Crippen molar-refractivity contribution in [2.24, 2.45) is 0 Å². The van der Waals surface area contributed by atoms with Crippen LogP contribution in [0.2, 0.25) is 10.3 Å². The molecule has 0 spiro atoms. The maximum Gasteiger partial charge on any atom is 0.317 e. The third kappa shape index (κ3) is 7.49. The zero-order valence-electron chi connectivity index (χ0n) is 19.7. The van der Waals surface area contributed by atoms with Crippen molar-refractivity contribution in [3.8, 4) is 0 Å². The fourth-order valence-electron chi connectivity index (χ4n) is 4.20. The monoisotopic (exact) mass is 485 g/mol. The van der Waals surface area contributed by atoms with Crippen LogP contribution in [0, 0.1) is 6.92 Å². The summed E-state index contributed by atoms with van der Waals surface area (Å²) in [5.41, 5.74) is 1.09. The van der Waals surface area contributed by atoms with Gasteiger partial charge in [0, 0.05) is 44.8 Å². The molecular formula is C23H37Cl2N5O2. The summed E-state index contributed by atoms with van der Waals surface area (Å²) < 4.78 is 0. The molecule has 1 aromatic heterocycles. The SMILES string of the molecule is CCCCN(C(=O)NCC)C1CCN(C(C)CCNC(=O)c2c(C)cc(Cl)nc2Cl)CC1. The summed E-state index contributed by atoms with van der Waals surface area (Å²) in [6.07, 6.45) is 4.89. The van der Waals surface area contributed by atoms with Crippen LogP contribution in [0.3, 0.4) is 0 Å². The first-order chi connectivity index (χ1) is 15.3. The summed E-state index contributed by atoms with van der Waals surface area (Å²) >= 11 is 12.0. The molecule has 2 N–H and O–H groups in total. The minimum atomic E-state index is -0.226. The highest BCUT2D eigenvalue weighted by atomic mass is 35.5. The lowest BCUT2D eigenvalue weighted by Gasteiger charge is -2.40. The number of rotatable bonds is 10. The number of unbranched alkanes of at least 4 members (excludes halogenated alkanes) is 1. The van der Waals surface area contributed by atoms with Gasteiger partial charge in [-0.15, -0.1) is 0 Å². The van der Waals surface area contributed by atoms with Crippen LogP contribution in [0.15, 0.2) is 6.07 Å². The van der Waals surface area contributed by atoms with E-state index in [0.717, 1.165) is 51.7 Å². The predicted octanol–water partition coefficient (Wildman–Crippen LogP) is 4.50. The number of nitrogens with one attached hydrogen (secondary N) is 2. The number of aromatic nitrogens is 1. The second-order valence-electron chi connectivity index (χ2n) is 8.47. The Morgan fingerprint density at radius 1 is 1.25 bits per heavy atom. The van der Waals surface area contributed by atoms with Gasteiger partial charge in [-0.05, 0) is 58.1 Å². The predicted molar refractivity (Wildman–Crippen MR) is 131 cm³/mol. The van der Waals surface area contributed by atoms with Gasteiger partial charge < -0.3 is 20.4 Å². The van der Waals surface area contributed by atoms with Crippen LogP contribution in [0.25, 0.3) is 0 Å². The maximum absolute atomic E-state index is 12.5. The average molecular weight is 486 g/mol. The number of hydrogen-bond donors (Lipinski definition) is 2. The molecule has 1 aromatic rings. The Morgan fingerprint density at radius 3 is 2.53 bits per heavy atom. The molecule has 1 saturated heterocycles. The van der Waals surface area contributed by atoms with Gasteiger partial charge in [0.2, 0.25) is 0 Å². The molecule has 3 amide bonds. The van der Waals surface area contributed by atoms with Crippen molar-refractivity contribution in [1.82, 2.24) is 25.4 Å². The van der Waals surface area contributed by atoms with Crippen LogP contribution in [-0.4, -0.2) is 71.5 Å². The molecule has 1 aliphatic rings. The van der Waals surface area contributed by atoms with Crippen LogP contribution in [0.1, 0.15) is 68.8 Å². The highest BCUT2D eigenvalue weighted by Crippen LogP contribution is 2.22. The maximum atomic E-state index is 12.5. The lowest BCUT2D eigenvalue weighted by atomic mass is 10.0. The van der Waals surface area contributed by atoms with Crippen molar-refractivity contribution in [2.75, 3.05) is 32.7 Å². The van der Waals surface area contributed by atoms with E-state index in [4.69, 9.17) is 23.2 Å². The van der Waals surface area contributed by atoms with Crippen LogP contribution in [0.5, 0.6) is 0 Å². The minimum Gasteiger partial charge on any atom is -0.352 e. The molecular weight excluding hydrogens is 449 g/mol. The van der Waals surface area contributed by atoms with E-state index >= 15 is 0 Å². The zero-order valence-corrected chi connectivity index (χ0v) is 21.2. The van der Waals surface area contributed by atoms with Gasteiger partial charge in [-0.25, -0.2) is 9.78 Å². The van der Waals surface area contributed by atoms with E-state index in [1.165, 1.54) is 0 Å². The second-order valence-corrected chi connectivity index (χ2v) is 9.22. The highest BCUT2D eigenvalue weighted by molar-refractivity contribution is 6.34. The molecule has 0 radical (unpaired) electrons. The highest BCUT2D eigenvalue weighted by Gasteiger charge is 2.29. The van der Waals surface area contributed by atoms with Crippen LogP contribution < -0.4 is 10.6 Å². The van der Waals surface area contributed by atoms with Crippen molar-refractivity contribution in [3.05, 3.63) is 27.5 Å². The zero-order chi connectivity index (χ0) is 23.7. The Morgan fingerprint density at radius 2 is 1.94 bits per heavy atom. The number of carbonyl (C=O) groups excluding carboxylic acids is 2. The van der Waals surface area contributed by atoms with Crippen molar-refractivity contribution < 1.29 is 9.59 Å². The van der Waals surface area contributed by atoms with E-state index in [0.29, 0.717) is 36.3 Å². The number of halogens is 2. The molecule has 7 nitrogen and oxygen atoms in total. The van der Waals surface area contributed by atoms with Crippen LogP contribution >= 0.6 is 23.2 Å². The van der Waals surface area contributed by atoms with Gasteiger partial charge in [0.25, 0.3) is 5.91 Å². The molecule has 32 heavy (non-hydrogen) atoms. The van der Waals surface area contributed by atoms with E-state index in [-0.39, 0.29) is 22.2 Å². The van der Waals surface area contributed by atoms with Crippen molar-refractivity contribution in [1.29, 1.82) is 0 Å². The Hall–Kier alpha value is -1.57. The van der Waals surface area contributed by atoms with Crippen molar-refractivity contribution >= 4 is 35.1 Å². The van der Waals surface area contributed by atoms with Gasteiger partial charge in [0.05, 0.1) is 5.56 Å². The fraction of sp³-hybridized carbons (Fsp3) is 0.696. The molecule has 0 aromatic carbocycles. The topological polar surface area (TPSA) is 77.6 Å². The first kappa shape index (κ1) is 26.7. The Bertz CT molecular complexity index is 746. The molecule has 2 rings (SSSR count). The van der Waals surface area contributed by atoms with Gasteiger partial charge in [0.15, 0.2) is 0 Å². The molecule has 0 bridgehead atoms. The summed E-state index contributed by atoms with van der Waals surface area (Å²) in [6.45, 7) is 12.0. The number of likely N-dealkylation sites (tertiary alicyclic amines) is 1. The van der Waals surface area contributed by atoms with E-state index in [2.05, 4.69) is 34.4 Å². The van der Waals surface area contributed by atoms with E-state index < -0.39 is 0 Å². The number of pyridine rings is 1. The number of amides is 3. The Balaban J connectivity index is 1.81. The normalized spacial score (nSPS) is 15.9. The quantitative estimate of drug-likeness (QED) is 0.478. The number of piperidine rings is 1. The third-order valence-electron chi connectivity index (χ3n) is 6.12. The number of aryl methyl sites for hydroxylation is 1. The lowest BCUT2D eigenvalue weighted by Crippen LogP contribution is -2.52. The summed E-state index contributed by atoms with van der Waals surface area (Å²) in [7, 11) is 0. The Labute approximate surface area is 202 Å². The smallest absolute Gasteiger partial charge is 0.317 e. The minimum absolute atomic E-state index is 0.0563. The number of carbonyl (C=O) groups is 2. The van der Waals surface area contributed by atoms with Crippen molar-refractivity contribution in [2.45, 2.75) is 71.9 Å². The molecule has 180 valence electrons. The summed E-state index contributed by atoms with van der Waals surface area (Å²) in [6, 6.07) is 2.32. The average Bonchev–Trinajstić information content (AvgIpc) is 2.74. The standard InChI is InChI=1S/C23H37Cl2N5O2/c1-5-7-12-30(23(32)26-6-2)18-9-13-29(14-10-18)17(4)8-11-27-22(31)20-16(3)15-19(24)28-21(20)25/h15,17-18H,5-14H2,1-4H3,(H,26,32)(H,27,31). The molecule has 2 heterocycles. The molecule has 1 fully saturated rings. The van der Waals surface area contributed by atoms with Gasteiger partial charge in [0.1, 0.15) is 10.3 Å². The summed E-state index contributed by atoms with van der Waals surface area (Å²) in [4.78, 5) is 33.5. The molecule has 0 saturated carbocycles. The molecule has 1 atom stereocenters. The lowest BCUT2D eigenvalue weighted by molar-refractivity contribution is 0.0915. The van der Waals surface area contributed by atoms with E-state index in [1.54, 1.807) is 13.0 Å². The third-order valence-corrected chi connectivity index (χ3v) is 6.59. The molecule has 1 aliphatic heterocycles. The van der Waals surface area contributed by atoms with Crippen molar-refractivity contribution in [3.63, 3.8) is 0 Å². The summed E-state index contributed by atoms with van der Waals surface area (Å²) in [5.74, 6) is -0.226. The van der Waals surface area contributed by atoms with E-state index in [9.17, 15) is 9.59 Å². The fourth-order valence-corrected chi connectivity index (χ4v) is 4.82. The molecule has 0 aliphatic carbocycles.